The Morgan fingerprint density at radius 1 is 0.756 bits per heavy atom. The number of aliphatic hydroxyl groups excluding tert-OH is 3. The molecule has 2 aromatic rings. The fourth-order valence-corrected chi connectivity index (χ4v) is 12.2. The van der Waals surface area contributed by atoms with Crippen LogP contribution in [0.25, 0.3) is 11.2 Å². The molecule has 0 saturated carbocycles. The SMILES string of the molecule is CCC=CCC=CCC=CCC=CCC=CCC=CCCCCCCCCCCCCCCC(O)CC(=O)SCCNC(=O)CCNC(=O)C(O)C(C)(C)COP(=O)([O-])OP(=O)([O-])OCC1OC(n2cnc3c(N)ncnc32)C(O)C1OP(=O)([O-])[O-]. The summed E-state index contributed by atoms with van der Waals surface area (Å²) < 4.78 is 61.0. The van der Waals surface area contributed by atoms with E-state index in [2.05, 4.69) is 123 Å². The molecule has 486 valence electrons. The Hall–Kier alpha value is -4.04. The first-order chi connectivity index (χ1) is 40.9. The number of hydrogen-bond donors (Lipinski definition) is 6. The molecule has 3 heterocycles. The van der Waals surface area contributed by atoms with Crippen molar-refractivity contribution in [1.29, 1.82) is 0 Å². The number of nitrogen functional groups attached to an aromatic ring is 1. The number of imidazole rings is 1. The van der Waals surface area contributed by atoms with E-state index in [1.807, 2.05) is 0 Å². The topological polar surface area (TPSA) is 395 Å². The monoisotopic (exact) mass is 1290 g/mol. The summed E-state index contributed by atoms with van der Waals surface area (Å²) in [6, 6.07) is 0. The van der Waals surface area contributed by atoms with Crippen molar-refractivity contribution < 1.29 is 85.6 Å². The van der Waals surface area contributed by atoms with E-state index in [1.165, 1.54) is 65.2 Å². The van der Waals surface area contributed by atoms with E-state index in [9.17, 15) is 63.0 Å². The number of aliphatic hydroxyl groups is 3. The summed E-state index contributed by atoms with van der Waals surface area (Å²) in [6.07, 6.45) is 40.2. The average molecular weight is 1290 g/mol. The van der Waals surface area contributed by atoms with Crippen LogP contribution in [0.5, 0.6) is 0 Å². The van der Waals surface area contributed by atoms with Crippen molar-refractivity contribution in [2.75, 3.05) is 37.8 Å². The fourth-order valence-electron chi connectivity index (χ4n) is 8.68. The van der Waals surface area contributed by atoms with Crippen LogP contribution in [0, 0.1) is 5.41 Å². The van der Waals surface area contributed by atoms with Crippen molar-refractivity contribution in [3.05, 3.63) is 85.6 Å². The van der Waals surface area contributed by atoms with E-state index in [-0.39, 0.29) is 53.8 Å². The maximum Gasteiger partial charge on any atom is 0.274 e. The molecule has 1 aliphatic heterocycles. The van der Waals surface area contributed by atoms with E-state index in [0.717, 1.165) is 99.6 Å². The highest BCUT2D eigenvalue weighted by Crippen LogP contribution is 2.56. The second-order valence-electron chi connectivity index (χ2n) is 21.3. The smallest absolute Gasteiger partial charge is 0.274 e. The van der Waals surface area contributed by atoms with Crippen LogP contribution in [0.4, 0.5) is 5.82 Å². The highest BCUT2D eigenvalue weighted by atomic mass is 32.2. The molecule has 0 radical (unpaired) electrons. The van der Waals surface area contributed by atoms with E-state index < -0.39 is 90.7 Å². The number of thioether (sulfide) groups is 1. The van der Waals surface area contributed by atoms with Crippen molar-refractivity contribution in [1.82, 2.24) is 30.2 Å². The number of amides is 2. The van der Waals surface area contributed by atoms with Crippen LogP contribution in [-0.2, 0) is 50.7 Å². The lowest BCUT2D eigenvalue weighted by atomic mass is 9.87. The molecule has 8 atom stereocenters. The van der Waals surface area contributed by atoms with Crippen LogP contribution in [-0.4, -0.2) is 114 Å². The molecule has 0 spiro atoms. The van der Waals surface area contributed by atoms with Crippen LogP contribution >= 0.6 is 35.2 Å². The van der Waals surface area contributed by atoms with Gasteiger partial charge in [0.15, 0.2) is 22.8 Å². The molecule has 2 amide bonds. The van der Waals surface area contributed by atoms with Crippen LogP contribution in [0.2, 0.25) is 0 Å². The Bertz CT molecular complexity index is 2650. The van der Waals surface area contributed by atoms with Crippen molar-refractivity contribution in [3.8, 4) is 0 Å². The third-order valence-corrected chi connectivity index (χ3v) is 17.3. The van der Waals surface area contributed by atoms with Crippen molar-refractivity contribution in [3.63, 3.8) is 0 Å². The largest absolute Gasteiger partial charge is 0.790 e. The number of rotatable bonds is 47. The standard InChI is InChI=1S/C57H94N7O18P3S/c1-4-5-6-7-8-9-10-11-12-13-14-15-16-17-18-19-20-21-22-23-24-25-26-27-28-29-30-31-32-33-34-35-45(65)40-48(67)86-39-38-59-47(66)36-37-60-55(70)52(69)57(2,3)42-79-85(76,77)82-84(74,75)78-41-46-51(81-83(71,72)73)50(68)56(80-46)64-44-63-49-53(58)61-43-62-54(49)64/h5-6,8-9,11-12,14-15,17-18,20-21,43-46,50-52,56,65,68-69H,4,7,10,13,16,19,22-42H2,1-3H3,(H,59,66)(H,60,70)(H,74,75)(H,76,77)(H2,58,61,62)(H2,71,72,73)/p-4. The molecule has 0 aliphatic carbocycles. The van der Waals surface area contributed by atoms with Crippen molar-refractivity contribution in [2.24, 2.45) is 5.41 Å². The summed E-state index contributed by atoms with van der Waals surface area (Å²) >= 11 is 0.989. The molecule has 7 N–H and O–H groups in total. The summed E-state index contributed by atoms with van der Waals surface area (Å²) in [5, 5.41) is 36.6. The molecule has 1 aliphatic rings. The van der Waals surface area contributed by atoms with Gasteiger partial charge in [-0.2, -0.15) is 0 Å². The molecule has 3 rings (SSSR count). The molecule has 86 heavy (non-hydrogen) atoms. The number of hydrogen-bond acceptors (Lipinski definition) is 23. The van der Waals surface area contributed by atoms with Crippen LogP contribution in [0.15, 0.2) is 85.6 Å². The highest BCUT2D eigenvalue weighted by molar-refractivity contribution is 8.13. The quantitative estimate of drug-likeness (QED) is 0.0219. The number of allylic oxidation sites excluding steroid dienone is 12. The number of nitrogens with two attached hydrogens (primary N) is 1. The van der Waals surface area contributed by atoms with Gasteiger partial charge in [-0.3, -0.25) is 28.1 Å². The summed E-state index contributed by atoms with van der Waals surface area (Å²) in [5.41, 5.74) is 4.07. The minimum Gasteiger partial charge on any atom is -0.790 e. The Morgan fingerprint density at radius 3 is 1.86 bits per heavy atom. The van der Waals surface area contributed by atoms with Gasteiger partial charge in [-0.25, -0.2) is 19.3 Å². The molecule has 8 unspecified atom stereocenters. The Balaban J connectivity index is 1.15. The summed E-state index contributed by atoms with van der Waals surface area (Å²) in [6.45, 7) is 2.14. The highest BCUT2D eigenvalue weighted by Gasteiger charge is 2.47. The lowest BCUT2D eigenvalue weighted by molar-refractivity contribution is -0.347. The van der Waals surface area contributed by atoms with Gasteiger partial charge in [0.2, 0.25) is 11.8 Å². The molecular formula is C57H90N7O18P3S-4. The number of nitrogens with one attached hydrogen (secondary N) is 2. The van der Waals surface area contributed by atoms with Crippen LogP contribution in [0.3, 0.4) is 0 Å². The maximum atomic E-state index is 12.7. The first-order valence-corrected chi connectivity index (χ1v) is 34.9. The van der Waals surface area contributed by atoms with Gasteiger partial charge in [0.25, 0.3) is 15.6 Å². The average Bonchev–Trinajstić information content (AvgIpc) is 1.67. The third kappa shape index (κ3) is 33.0. The Kier molecular flexibility index (Phi) is 37.3. The number of carbonyl (C=O) groups is 3. The molecular weight excluding hydrogens is 1200 g/mol. The van der Waals surface area contributed by atoms with Gasteiger partial charge in [0.05, 0.1) is 33.5 Å². The summed E-state index contributed by atoms with van der Waals surface area (Å²) in [7, 11) is -17.7. The molecule has 29 heteroatoms. The normalized spacial score (nSPS) is 19.2. The lowest BCUT2D eigenvalue weighted by Crippen LogP contribution is -2.46. The lowest BCUT2D eigenvalue weighted by Gasteiger charge is -2.36. The van der Waals surface area contributed by atoms with Crippen LogP contribution in [0.1, 0.15) is 168 Å². The molecule has 1 fully saturated rings. The van der Waals surface area contributed by atoms with Crippen molar-refractivity contribution >= 4 is 69.1 Å². The number of ether oxygens (including phenoxy) is 1. The number of carbonyl (C=O) groups excluding carboxylic acids is 3. The zero-order valence-corrected chi connectivity index (χ0v) is 53.2. The maximum absolute atomic E-state index is 12.7. The number of fused-ring (bicyclic) bond motifs is 1. The van der Waals surface area contributed by atoms with E-state index in [4.69, 9.17) is 10.5 Å². The minimum absolute atomic E-state index is 0.00744. The first-order valence-electron chi connectivity index (χ1n) is 29.5. The van der Waals surface area contributed by atoms with Gasteiger partial charge >= 0.3 is 0 Å². The van der Waals surface area contributed by atoms with Gasteiger partial charge in [0, 0.05) is 37.1 Å². The van der Waals surface area contributed by atoms with Crippen molar-refractivity contribution in [2.45, 2.75) is 199 Å². The number of unbranched alkanes of at least 4 members (excludes halogenated alkanes) is 12. The Morgan fingerprint density at radius 2 is 1.29 bits per heavy atom. The van der Waals surface area contributed by atoms with E-state index >= 15 is 0 Å². The number of aromatic nitrogens is 4. The third-order valence-electron chi connectivity index (χ3n) is 13.4. The van der Waals surface area contributed by atoms with Crippen LogP contribution < -0.4 is 35.9 Å². The molecule has 1 saturated heterocycles. The van der Waals surface area contributed by atoms with Gasteiger partial charge in [-0.05, 0) is 57.8 Å². The fraction of sp³-hybridized carbons (Fsp3) is 0.649. The van der Waals surface area contributed by atoms with E-state index in [0.29, 0.717) is 6.42 Å². The van der Waals surface area contributed by atoms with Gasteiger partial charge in [-0.15, -0.1) is 0 Å². The first kappa shape index (κ1) is 76.2. The molecule has 25 nitrogen and oxygen atoms in total. The van der Waals surface area contributed by atoms with E-state index in [1.54, 1.807) is 0 Å². The second-order valence-corrected chi connectivity index (χ2v) is 26.5. The predicted molar refractivity (Wildman–Crippen MR) is 322 cm³/mol. The number of phosphoric ester groups is 3. The Labute approximate surface area is 510 Å². The van der Waals surface area contributed by atoms with Gasteiger partial charge < -0.3 is 74.1 Å². The predicted octanol–water partition coefficient (Wildman–Crippen LogP) is 7.05. The number of phosphoric acid groups is 3. The number of nitrogens with zero attached hydrogens (tertiary/aromatic N) is 4. The summed E-state index contributed by atoms with van der Waals surface area (Å²) in [5.74, 6) is -1.34. The second kappa shape index (κ2) is 42.0. The minimum atomic E-state index is -5.94. The molecule has 0 aromatic carbocycles. The zero-order chi connectivity index (χ0) is 63.3. The number of anilines is 1. The molecule has 2 aromatic heterocycles. The van der Waals surface area contributed by atoms with Gasteiger partial charge in [-0.1, -0.05) is 176 Å². The van der Waals surface area contributed by atoms with Gasteiger partial charge in [0.1, 0.15) is 36.3 Å². The molecule has 0 bridgehead atoms. The summed E-state index contributed by atoms with van der Waals surface area (Å²) in [4.78, 5) is 97.4. The zero-order valence-electron chi connectivity index (χ0n) is 49.7.